The number of hydrogen-bond donors (Lipinski definition) is 2. The van der Waals surface area contributed by atoms with Gasteiger partial charge < -0.3 is 20.3 Å². The Labute approximate surface area is 184 Å². The Morgan fingerprint density at radius 1 is 1.16 bits per heavy atom. The van der Waals surface area contributed by atoms with Gasteiger partial charge in [0.15, 0.2) is 0 Å². The second kappa shape index (κ2) is 8.35. The molecule has 2 atom stereocenters. The summed E-state index contributed by atoms with van der Waals surface area (Å²) in [4.78, 5) is 27.0. The fourth-order valence-electron chi connectivity index (χ4n) is 4.78. The van der Waals surface area contributed by atoms with Gasteiger partial charge in [0, 0.05) is 23.8 Å². The predicted octanol–water partition coefficient (Wildman–Crippen LogP) is 3.64. The summed E-state index contributed by atoms with van der Waals surface area (Å²) in [5.74, 6) is -0.339. The van der Waals surface area contributed by atoms with E-state index in [1.165, 1.54) is 7.11 Å². The first-order valence-electron chi connectivity index (χ1n) is 10.8. The molecule has 0 saturated carbocycles. The van der Waals surface area contributed by atoms with E-state index >= 15 is 0 Å². The van der Waals surface area contributed by atoms with Crippen LogP contribution in [0.2, 0.25) is 0 Å². The monoisotopic (exact) mass is 421 g/mol. The molecular weight excluding hydrogens is 390 g/mol. The molecule has 0 spiro atoms. The highest BCUT2D eigenvalue weighted by Gasteiger charge is 2.36. The lowest BCUT2D eigenvalue weighted by molar-refractivity contribution is 0.0600. The van der Waals surface area contributed by atoms with Crippen molar-refractivity contribution >= 4 is 17.6 Å². The maximum absolute atomic E-state index is 12.8. The van der Waals surface area contributed by atoms with Crippen LogP contribution in [0.5, 0.6) is 0 Å². The van der Waals surface area contributed by atoms with E-state index in [0.29, 0.717) is 11.1 Å². The average Bonchev–Trinajstić information content (AvgIpc) is 3.16. The number of likely N-dealkylation sites (tertiary alicyclic amines) is 1. The first-order chi connectivity index (χ1) is 14.8. The summed E-state index contributed by atoms with van der Waals surface area (Å²) in [6.07, 6.45) is 1.80. The predicted molar refractivity (Wildman–Crippen MR) is 121 cm³/mol. The molecule has 2 N–H and O–H groups in total. The largest absolute Gasteiger partial charge is 0.465 e. The molecule has 2 heterocycles. The molecule has 0 radical (unpaired) electrons. The zero-order valence-corrected chi connectivity index (χ0v) is 18.7. The number of benzene rings is 2. The number of anilines is 1. The Hall–Kier alpha value is -2.86. The lowest BCUT2D eigenvalue weighted by Crippen LogP contribution is -2.37. The SMILES string of the molecule is COC(=O)c1ccc2c(c1)CC(C)(C)C(c1cccc(C(=O)NC3CCN(C)C3)c1)N2. The Kier molecular flexibility index (Phi) is 5.75. The van der Waals surface area contributed by atoms with Gasteiger partial charge >= 0.3 is 5.97 Å². The van der Waals surface area contributed by atoms with Gasteiger partial charge in [-0.1, -0.05) is 26.0 Å². The number of methoxy groups -OCH3 is 1. The van der Waals surface area contributed by atoms with Crippen molar-refractivity contribution in [3.63, 3.8) is 0 Å². The molecular formula is C25H31N3O3. The Morgan fingerprint density at radius 3 is 2.68 bits per heavy atom. The second-order valence-electron chi connectivity index (χ2n) is 9.45. The van der Waals surface area contributed by atoms with Gasteiger partial charge in [0.25, 0.3) is 5.91 Å². The van der Waals surface area contributed by atoms with E-state index in [0.717, 1.165) is 42.7 Å². The fourth-order valence-corrected chi connectivity index (χ4v) is 4.78. The van der Waals surface area contributed by atoms with Crippen molar-refractivity contribution in [2.24, 2.45) is 5.41 Å². The molecule has 2 aromatic carbocycles. The van der Waals surface area contributed by atoms with Crippen LogP contribution in [0.25, 0.3) is 0 Å². The van der Waals surface area contributed by atoms with Gasteiger partial charge in [0.1, 0.15) is 0 Å². The minimum Gasteiger partial charge on any atom is -0.465 e. The summed E-state index contributed by atoms with van der Waals surface area (Å²) in [5, 5.41) is 6.81. The Balaban J connectivity index is 1.56. The van der Waals surface area contributed by atoms with E-state index < -0.39 is 0 Å². The third kappa shape index (κ3) is 4.44. The molecule has 4 rings (SSSR count). The summed E-state index contributed by atoms with van der Waals surface area (Å²) in [6.45, 7) is 6.33. The Morgan fingerprint density at radius 2 is 1.97 bits per heavy atom. The number of likely N-dealkylation sites (N-methyl/N-ethyl adjacent to an activating group) is 1. The first kappa shape index (κ1) is 21.4. The van der Waals surface area contributed by atoms with Crippen molar-refractivity contribution in [1.82, 2.24) is 10.2 Å². The minimum absolute atomic E-state index is 0.0149. The number of amides is 1. The van der Waals surface area contributed by atoms with E-state index in [-0.39, 0.29) is 29.4 Å². The van der Waals surface area contributed by atoms with Gasteiger partial charge in [-0.3, -0.25) is 4.79 Å². The van der Waals surface area contributed by atoms with Crippen LogP contribution in [0.1, 0.15) is 58.2 Å². The highest BCUT2D eigenvalue weighted by molar-refractivity contribution is 5.94. The average molecular weight is 422 g/mol. The summed E-state index contributed by atoms with van der Waals surface area (Å²) in [6, 6.07) is 13.8. The molecule has 1 saturated heterocycles. The molecule has 1 fully saturated rings. The summed E-state index contributed by atoms with van der Waals surface area (Å²) >= 11 is 0. The number of nitrogens with zero attached hydrogens (tertiary/aromatic N) is 1. The summed E-state index contributed by atoms with van der Waals surface area (Å²) in [7, 11) is 3.48. The molecule has 2 aliphatic heterocycles. The zero-order valence-electron chi connectivity index (χ0n) is 18.7. The smallest absolute Gasteiger partial charge is 0.337 e. The molecule has 0 aromatic heterocycles. The van der Waals surface area contributed by atoms with Gasteiger partial charge in [-0.05, 0) is 73.3 Å². The van der Waals surface area contributed by atoms with Crippen LogP contribution in [-0.2, 0) is 11.2 Å². The van der Waals surface area contributed by atoms with Crippen LogP contribution in [0.15, 0.2) is 42.5 Å². The number of hydrogen-bond acceptors (Lipinski definition) is 5. The quantitative estimate of drug-likeness (QED) is 0.738. The van der Waals surface area contributed by atoms with Crippen molar-refractivity contribution in [2.75, 3.05) is 32.6 Å². The van der Waals surface area contributed by atoms with Crippen molar-refractivity contribution in [3.05, 3.63) is 64.7 Å². The van der Waals surface area contributed by atoms with Crippen LogP contribution >= 0.6 is 0 Å². The van der Waals surface area contributed by atoms with Gasteiger partial charge in [0.2, 0.25) is 0 Å². The minimum atomic E-state index is -0.324. The van der Waals surface area contributed by atoms with Gasteiger partial charge in [0.05, 0.1) is 18.7 Å². The number of fused-ring (bicyclic) bond motifs is 1. The van der Waals surface area contributed by atoms with Crippen LogP contribution < -0.4 is 10.6 Å². The highest BCUT2D eigenvalue weighted by atomic mass is 16.5. The van der Waals surface area contributed by atoms with Crippen molar-refractivity contribution in [3.8, 4) is 0 Å². The number of nitrogens with one attached hydrogen (secondary N) is 2. The standard InChI is InChI=1S/C25H31N3O3/c1-25(2)14-19-13-18(24(30)31-4)8-9-21(19)27-22(25)16-6-5-7-17(12-16)23(29)26-20-10-11-28(3)15-20/h5-9,12-13,20,22,27H,10-11,14-15H2,1-4H3,(H,26,29). The molecule has 0 bridgehead atoms. The fraction of sp³-hybridized carbons (Fsp3) is 0.440. The molecule has 2 aromatic rings. The van der Waals surface area contributed by atoms with Gasteiger partial charge in [-0.25, -0.2) is 4.79 Å². The van der Waals surface area contributed by atoms with E-state index in [1.807, 2.05) is 30.3 Å². The molecule has 2 unspecified atom stereocenters. The third-order valence-electron chi connectivity index (χ3n) is 6.46. The first-order valence-corrected chi connectivity index (χ1v) is 10.8. The number of carbonyl (C=O) groups is 2. The van der Waals surface area contributed by atoms with E-state index in [9.17, 15) is 9.59 Å². The van der Waals surface area contributed by atoms with E-state index in [1.54, 1.807) is 6.07 Å². The second-order valence-corrected chi connectivity index (χ2v) is 9.45. The zero-order chi connectivity index (χ0) is 22.2. The molecule has 0 aliphatic carbocycles. The molecule has 1 amide bonds. The molecule has 2 aliphatic rings. The number of carbonyl (C=O) groups excluding carboxylic acids is 2. The van der Waals surface area contributed by atoms with Gasteiger partial charge in [-0.15, -0.1) is 0 Å². The number of ether oxygens (including phenoxy) is 1. The van der Waals surface area contributed by atoms with Crippen LogP contribution in [0, 0.1) is 5.41 Å². The van der Waals surface area contributed by atoms with E-state index in [4.69, 9.17) is 4.74 Å². The van der Waals surface area contributed by atoms with E-state index in [2.05, 4.69) is 42.5 Å². The molecule has 164 valence electrons. The molecule has 6 nitrogen and oxygen atoms in total. The van der Waals surface area contributed by atoms with Crippen molar-refractivity contribution in [2.45, 2.75) is 38.8 Å². The Bertz CT molecular complexity index is 1000. The third-order valence-corrected chi connectivity index (χ3v) is 6.46. The van der Waals surface area contributed by atoms with Crippen LogP contribution in [0.3, 0.4) is 0 Å². The lowest BCUT2D eigenvalue weighted by Gasteiger charge is -2.41. The highest BCUT2D eigenvalue weighted by Crippen LogP contribution is 2.45. The molecule has 6 heteroatoms. The number of esters is 1. The van der Waals surface area contributed by atoms with Crippen LogP contribution in [-0.4, -0.2) is 50.1 Å². The topological polar surface area (TPSA) is 70.7 Å². The maximum Gasteiger partial charge on any atom is 0.337 e. The van der Waals surface area contributed by atoms with Gasteiger partial charge in [-0.2, -0.15) is 0 Å². The van der Waals surface area contributed by atoms with Crippen LogP contribution in [0.4, 0.5) is 5.69 Å². The normalized spacial score (nSPS) is 22.3. The summed E-state index contributed by atoms with van der Waals surface area (Å²) < 4.78 is 4.86. The number of rotatable bonds is 4. The summed E-state index contributed by atoms with van der Waals surface area (Å²) in [5.41, 5.74) is 4.35. The molecule has 31 heavy (non-hydrogen) atoms. The maximum atomic E-state index is 12.8. The van der Waals surface area contributed by atoms with Crippen molar-refractivity contribution in [1.29, 1.82) is 0 Å². The van der Waals surface area contributed by atoms with Crippen molar-refractivity contribution < 1.29 is 14.3 Å². The lowest BCUT2D eigenvalue weighted by atomic mass is 9.72.